The fraction of sp³-hybridized carbons (Fsp3) is 0.529. The van der Waals surface area contributed by atoms with Crippen LogP contribution in [0.25, 0.3) is 11.0 Å². The molecule has 1 aliphatic heterocycles. The molecule has 1 aromatic heterocycles. The van der Waals surface area contributed by atoms with Crippen molar-refractivity contribution in [2.75, 3.05) is 26.4 Å². The van der Waals surface area contributed by atoms with Gasteiger partial charge < -0.3 is 19.2 Å². The van der Waals surface area contributed by atoms with E-state index in [0.29, 0.717) is 6.10 Å². The van der Waals surface area contributed by atoms with E-state index in [1.807, 2.05) is 18.2 Å². The van der Waals surface area contributed by atoms with Gasteiger partial charge in [0.05, 0.1) is 18.8 Å². The molecule has 0 unspecified atom stereocenters. The molecule has 2 atom stereocenters. The Morgan fingerprint density at radius 3 is 3.10 bits per heavy atom. The van der Waals surface area contributed by atoms with E-state index in [0.717, 1.165) is 55.9 Å². The molecule has 0 saturated carbocycles. The van der Waals surface area contributed by atoms with Gasteiger partial charge in [0.15, 0.2) is 0 Å². The van der Waals surface area contributed by atoms with E-state index in [1.54, 1.807) is 0 Å². The quantitative estimate of drug-likeness (QED) is 0.794. The van der Waals surface area contributed by atoms with Gasteiger partial charge in [-0.3, -0.25) is 0 Å². The van der Waals surface area contributed by atoms with Crippen molar-refractivity contribution < 1.29 is 13.9 Å². The Balaban J connectivity index is 1.40. The highest BCUT2D eigenvalue weighted by atomic mass is 16.5. The zero-order valence-corrected chi connectivity index (χ0v) is 12.5. The van der Waals surface area contributed by atoms with Gasteiger partial charge in [0.1, 0.15) is 11.3 Å². The monoisotopic (exact) mass is 289 g/mol. The lowest BCUT2D eigenvalue weighted by Crippen LogP contribution is -2.22. The minimum atomic E-state index is 0.215. The molecule has 114 valence electrons. The smallest absolute Gasteiger partial charge is 0.134 e. The summed E-state index contributed by atoms with van der Waals surface area (Å²) in [6.07, 6.45) is 2.34. The van der Waals surface area contributed by atoms with Gasteiger partial charge in [-0.1, -0.05) is 18.2 Å². The molecule has 0 bridgehead atoms. The van der Waals surface area contributed by atoms with Gasteiger partial charge in [-0.2, -0.15) is 0 Å². The van der Waals surface area contributed by atoms with Crippen LogP contribution in [0.3, 0.4) is 0 Å². The summed E-state index contributed by atoms with van der Waals surface area (Å²) in [6, 6.07) is 10.4. The van der Waals surface area contributed by atoms with Crippen molar-refractivity contribution in [3.05, 3.63) is 36.1 Å². The lowest BCUT2D eigenvalue weighted by Gasteiger charge is -2.12. The van der Waals surface area contributed by atoms with Gasteiger partial charge in [0.25, 0.3) is 0 Å². The fourth-order valence-corrected chi connectivity index (χ4v) is 2.60. The number of hydrogen-bond donors (Lipinski definition) is 1. The molecule has 1 fully saturated rings. The normalized spacial score (nSPS) is 20.1. The van der Waals surface area contributed by atoms with Crippen molar-refractivity contribution >= 4 is 11.0 Å². The van der Waals surface area contributed by atoms with Crippen molar-refractivity contribution in [1.82, 2.24) is 5.32 Å². The van der Waals surface area contributed by atoms with Crippen LogP contribution < -0.4 is 5.32 Å². The van der Waals surface area contributed by atoms with Crippen LogP contribution in [0, 0.1) is 0 Å². The third kappa shape index (κ3) is 3.84. The average molecular weight is 289 g/mol. The summed E-state index contributed by atoms with van der Waals surface area (Å²) in [6.45, 7) is 5.43. The molecule has 2 aromatic rings. The zero-order chi connectivity index (χ0) is 14.5. The Labute approximate surface area is 125 Å². The molecule has 1 aromatic carbocycles. The van der Waals surface area contributed by atoms with Crippen molar-refractivity contribution in [2.45, 2.75) is 31.9 Å². The lowest BCUT2D eigenvalue weighted by molar-refractivity contribution is 0.0413. The number of para-hydroxylation sites is 1. The van der Waals surface area contributed by atoms with Crippen molar-refractivity contribution in [3.63, 3.8) is 0 Å². The molecule has 0 amide bonds. The van der Waals surface area contributed by atoms with Crippen LogP contribution in [-0.4, -0.2) is 32.5 Å². The number of furan rings is 1. The third-order valence-electron chi connectivity index (χ3n) is 3.88. The van der Waals surface area contributed by atoms with E-state index >= 15 is 0 Å². The minimum Gasteiger partial charge on any atom is -0.459 e. The van der Waals surface area contributed by atoms with Crippen LogP contribution in [0.15, 0.2) is 34.7 Å². The van der Waals surface area contributed by atoms with E-state index in [2.05, 4.69) is 24.4 Å². The molecule has 4 heteroatoms. The highest BCUT2D eigenvalue weighted by Gasteiger charge is 2.15. The lowest BCUT2D eigenvalue weighted by atomic mass is 10.2. The van der Waals surface area contributed by atoms with Crippen molar-refractivity contribution in [2.24, 2.45) is 0 Å². The second-order valence-corrected chi connectivity index (χ2v) is 5.57. The first kappa shape index (κ1) is 14.6. The molecule has 0 aliphatic carbocycles. The Hall–Kier alpha value is -1.36. The molecule has 3 rings (SSSR count). The van der Waals surface area contributed by atoms with Crippen LogP contribution in [0.5, 0.6) is 0 Å². The summed E-state index contributed by atoms with van der Waals surface area (Å²) < 4.78 is 16.9. The fourth-order valence-electron chi connectivity index (χ4n) is 2.60. The number of ether oxygens (including phenoxy) is 2. The van der Waals surface area contributed by atoms with Gasteiger partial charge in [-0.25, -0.2) is 0 Å². The summed E-state index contributed by atoms with van der Waals surface area (Å²) in [5, 5.41) is 4.64. The summed E-state index contributed by atoms with van der Waals surface area (Å²) >= 11 is 0. The number of fused-ring (bicyclic) bond motifs is 1. The third-order valence-corrected chi connectivity index (χ3v) is 3.88. The summed E-state index contributed by atoms with van der Waals surface area (Å²) in [7, 11) is 0. The minimum absolute atomic E-state index is 0.215. The van der Waals surface area contributed by atoms with Crippen LogP contribution in [0.1, 0.15) is 31.6 Å². The molecular weight excluding hydrogens is 266 g/mol. The number of rotatable bonds is 7. The van der Waals surface area contributed by atoms with Crippen molar-refractivity contribution in [1.29, 1.82) is 0 Å². The van der Waals surface area contributed by atoms with Gasteiger partial charge in [0.2, 0.25) is 0 Å². The Kier molecular flexibility index (Phi) is 4.91. The maximum absolute atomic E-state index is 5.86. The molecule has 4 nitrogen and oxygen atoms in total. The SMILES string of the molecule is C[C@H](NCCCO[C@@H]1CCOC1)c1cc2ccccc2o1. The second kappa shape index (κ2) is 7.07. The van der Waals surface area contributed by atoms with E-state index in [-0.39, 0.29) is 6.04 Å². The van der Waals surface area contributed by atoms with Gasteiger partial charge in [0, 0.05) is 18.6 Å². The number of hydrogen-bond acceptors (Lipinski definition) is 4. The summed E-state index contributed by atoms with van der Waals surface area (Å²) in [4.78, 5) is 0. The zero-order valence-electron chi connectivity index (χ0n) is 12.5. The predicted molar refractivity (Wildman–Crippen MR) is 82.4 cm³/mol. The standard InChI is InChI=1S/C17H23NO3/c1-13(17-11-14-5-2-3-6-16(14)21-17)18-8-4-9-20-15-7-10-19-12-15/h2-3,5-6,11,13,15,18H,4,7-10,12H2,1H3/t13-,15+/m0/s1. The average Bonchev–Trinajstić information content (AvgIpc) is 3.15. The van der Waals surface area contributed by atoms with E-state index in [1.165, 1.54) is 0 Å². The van der Waals surface area contributed by atoms with E-state index in [9.17, 15) is 0 Å². The molecule has 0 radical (unpaired) electrons. The second-order valence-electron chi connectivity index (χ2n) is 5.57. The highest BCUT2D eigenvalue weighted by molar-refractivity contribution is 5.77. The maximum atomic E-state index is 5.86. The van der Waals surface area contributed by atoms with Crippen LogP contribution >= 0.6 is 0 Å². The van der Waals surface area contributed by atoms with E-state index < -0.39 is 0 Å². The van der Waals surface area contributed by atoms with Gasteiger partial charge in [-0.15, -0.1) is 0 Å². The number of benzene rings is 1. The molecule has 1 N–H and O–H groups in total. The molecule has 0 spiro atoms. The van der Waals surface area contributed by atoms with E-state index in [4.69, 9.17) is 13.9 Å². The van der Waals surface area contributed by atoms with Crippen molar-refractivity contribution in [3.8, 4) is 0 Å². The first-order chi connectivity index (χ1) is 10.3. The number of nitrogens with one attached hydrogen (secondary N) is 1. The first-order valence-electron chi connectivity index (χ1n) is 7.74. The molecule has 1 aliphatic rings. The predicted octanol–water partition coefficient (Wildman–Crippen LogP) is 3.28. The Morgan fingerprint density at radius 1 is 1.38 bits per heavy atom. The summed E-state index contributed by atoms with van der Waals surface area (Å²) in [5.74, 6) is 0.987. The first-order valence-corrected chi connectivity index (χ1v) is 7.74. The van der Waals surface area contributed by atoms with Crippen LogP contribution in [0.4, 0.5) is 0 Å². The molecule has 21 heavy (non-hydrogen) atoms. The van der Waals surface area contributed by atoms with Crippen LogP contribution in [0.2, 0.25) is 0 Å². The van der Waals surface area contributed by atoms with Gasteiger partial charge in [-0.05, 0) is 38.4 Å². The maximum Gasteiger partial charge on any atom is 0.134 e. The molecular formula is C17H23NO3. The molecule has 2 heterocycles. The Bertz CT molecular complexity index is 527. The Morgan fingerprint density at radius 2 is 2.29 bits per heavy atom. The largest absolute Gasteiger partial charge is 0.459 e. The summed E-state index contributed by atoms with van der Waals surface area (Å²) in [5.41, 5.74) is 0.950. The topological polar surface area (TPSA) is 43.6 Å². The van der Waals surface area contributed by atoms with Gasteiger partial charge >= 0.3 is 0 Å². The molecule has 1 saturated heterocycles. The van der Waals surface area contributed by atoms with Crippen LogP contribution in [-0.2, 0) is 9.47 Å². The highest BCUT2D eigenvalue weighted by Crippen LogP contribution is 2.23.